The summed E-state index contributed by atoms with van der Waals surface area (Å²) in [5, 5.41) is 4.70. The number of anilines is 2. The second-order valence-corrected chi connectivity index (χ2v) is 6.90. The quantitative estimate of drug-likeness (QED) is 0.844. The van der Waals surface area contributed by atoms with Gasteiger partial charge < -0.3 is 9.47 Å². The van der Waals surface area contributed by atoms with E-state index in [1.807, 2.05) is 18.3 Å². The number of benzene rings is 1. The normalized spacial score (nSPS) is 18.6. The standard InChI is InChI=1S/C20H25N3O2/c1-15(2)25-18-7-6-16-14-22(17-8-11-24-12-9-17)23(19(16)13-18)20-5-3-4-10-21-20/h3-7,10,13,15,17H,8-9,11-12,14H2,1-2H3. The number of nitrogens with zero attached hydrogens (tertiary/aromatic N) is 3. The fourth-order valence-corrected chi connectivity index (χ4v) is 3.61. The molecule has 0 atom stereocenters. The third-order valence-corrected chi connectivity index (χ3v) is 4.72. The monoisotopic (exact) mass is 339 g/mol. The highest BCUT2D eigenvalue weighted by Crippen LogP contribution is 2.41. The molecule has 1 fully saturated rings. The van der Waals surface area contributed by atoms with Gasteiger partial charge in [0, 0.05) is 38.1 Å². The van der Waals surface area contributed by atoms with Crippen molar-refractivity contribution >= 4 is 11.5 Å². The molecule has 2 aliphatic heterocycles. The summed E-state index contributed by atoms with van der Waals surface area (Å²) < 4.78 is 11.5. The van der Waals surface area contributed by atoms with Gasteiger partial charge in [0.2, 0.25) is 0 Å². The minimum atomic E-state index is 0.161. The van der Waals surface area contributed by atoms with E-state index in [1.54, 1.807) is 0 Å². The van der Waals surface area contributed by atoms with Gasteiger partial charge in [-0.15, -0.1) is 0 Å². The first-order chi connectivity index (χ1) is 12.2. The lowest BCUT2D eigenvalue weighted by molar-refractivity contribution is 0.0344. The number of hydrogen-bond acceptors (Lipinski definition) is 5. The Morgan fingerprint density at radius 1 is 1.16 bits per heavy atom. The summed E-state index contributed by atoms with van der Waals surface area (Å²) in [7, 11) is 0. The predicted octanol–water partition coefficient (Wildman–Crippen LogP) is 3.92. The maximum Gasteiger partial charge on any atom is 0.147 e. The summed E-state index contributed by atoms with van der Waals surface area (Å²) >= 11 is 0. The van der Waals surface area contributed by atoms with Gasteiger partial charge in [0.1, 0.15) is 11.6 Å². The number of aromatic nitrogens is 1. The molecule has 0 N–H and O–H groups in total. The van der Waals surface area contributed by atoms with Gasteiger partial charge >= 0.3 is 0 Å². The van der Waals surface area contributed by atoms with Crippen LogP contribution in [0.25, 0.3) is 0 Å². The molecule has 0 amide bonds. The van der Waals surface area contributed by atoms with Crippen molar-refractivity contribution in [3.05, 3.63) is 48.2 Å². The topological polar surface area (TPSA) is 37.8 Å². The molecule has 2 aromatic rings. The number of rotatable bonds is 4. The van der Waals surface area contributed by atoms with Crippen LogP contribution in [0, 0.1) is 0 Å². The van der Waals surface area contributed by atoms with Crippen LogP contribution in [0.2, 0.25) is 0 Å². The Balaban J connectivity index is 1.71. The van der Waals surface area contributed by atoms with Gasteiger partial charge in [-0.05, 0) is 50.5 Å². The van der Waals surface area contributed by atoms with E-state index in [9.17, 15) is 0 Å². The van der Waals surface area contributed by atoms with Crippen LogP contribution in [0.15, 0.2) is 42.6 Å². The second-order valence-electron chi connectivity index (χ2n) is 6.90. The van der Waals surface area contributed by atoms with Crippen LogP contribution in [0.5, 0.6) is 5.75 Å². The third kappa shape index (κ3) is 3.34. The molecule has 1 saturated heterocycles. The van der Waals surface area contributed by atoms with Gasteiger partial charge in [-0.25, -0.2) is 9.99 Å². The number of pyridine rings is 1. The van der Waals surface area contributed by atoms with Crippen LogP contribution in [-0.2, 0) is 11.3 Å². The zero-order valence-electron chi connectivity index (χ0n) is 14.9. The number of ether oxygens (including phenoxy) is 2. The van der Waals surface area contributed by atoms with E-state index in [0.29, 0.717) is 6.04 Å². The van der Waals surface area contributed by atoms with E-state index >= 15 is 0 Å². The van der Waals surface area contributed by atoms with Gasteiger partial charge in [-0.1, -0.05) is 12.1 Å². The molecule has 0 saturated carbocycles. The van der Waals surface area contributed by atoms with Crippen molar-refractivity contribution in [1.29, 1.82) is 0 Å². The van der Waals surface area contributed by atoms with Crippen LogP contribution in [-0.4, -0.2) is 35.4 Å². The molecule has 5 heteroatoms. The summed E-state index contributed by atoms with van der Waals surface area (Å²) in [5.41, 5.74) is 2.48. The molecule has 4 rings (SSSR count). The summed E-state index contributed by atoms with van der Waals surface area (Å²) in [6.45, 7) is 6.67. The summed E-state index contributed by atoms with van der Waals surface area (Å²) in [6.07, 6.45) is 4.11. The van der Waals surface area contributed by atoms with Crippen molar-refractivity contribution in [2.24, 2.45) is 0 Å². The minimum Gasteiger partial charge on any atom is -0.491 e. The Hall–Kier alpha value is -2.11. The molecule has 0 spiro atoms. The number of fused-ring (bicyclic) bond motifs is 1. The fourth-order valence-electron chi connectivity index (χ4n) is 3.61. The van der Waals surface area contributed by atoms with Crippen LogP contribution in [0.4, 0.5) is 11.5 Å². The van der Waals surface area contributed by atoms with E-state index < -0.39 is 0 Å². The Kier molecular flexibility index (Phi) is 4.59. The summed E-state index contributed by atoms with van der Waals surface area (Å²) in [5.74, 6) is 1.86. The SMILES string of the molecule is CC(C)Oc1ccc2c(c1)N(c1ccccn1)N(C1CCOCC1)C2. The van der Waals surface area contributed by atoms with Crippen molar-refractivity contribution in [3.8, 4) is 5.75 Å². The zero-order valence-corrected chi connectivity index (χ0v) is 14.9. The third-order valence-electron chi connectivity index (χ3n) is 4.72. The van der Waals surface area contributed by atoms with Crippen molar-refractivity contribution in [1.82, 2.24) is 9.99 Å². The Morgan fingerprint density at radius 3 is 2.72 bits per heavy atom. The van der Waals surface area contributed by atoms with Crippen LogP contribution < -0.4 is 9.75 Å². The predicted molar refractivity (Wildman–Crippen MR) is 98.0 cm³/mol. The second kappa shape index (κ2) is 7.02. The lowest BCUT2D eigenvalue weighted by Crippen LogP contribution is -2.45. The molecule has 0 bridgehead atoms. The Labute approximate surface area is 149 Å². The van der Waals surface area contributed by atoms with Gasteiger partial charge in [0.05, 0.1) is 11.8 Å². The van der Waals surface area contributed by atoms with E-state index in [0.717, 1.165) is 44.2 Å². The molecule has 3 heterocycles. The molecule has 0 unspecified atom stereocenters. The van der Waals surface area contributed by atoms with E-state index in [1.165, 1.54) is 11.3 Å². The molecular weight excluding hydrogens is 314 g/mol. The highest BCUT2D eigenvalue weighted by molar-refractivity contribution is 5.67. The molecule has 1 aromatic carbocycles. The molecule has 25 heavy (non-hydrogen) atoms. The maximum atomic E-state index is 5.92. The van der Waals surface area contributed by atoms with Crippen molar-refractivity contribution in [2.45, 2.75) is 45.4 Å². The van der Waals surface area contributed by atoms with Crippen molar-refractivity contribution < 1.29 is 9.47 Å². The lowest BCUT2D eigenvalue weighted by Gasteiger charge is -2.37. The number of hydrazine groups is 1. The number of hydrogen-bond donors (Lipinski definition) is 0. The first-order valence-electron chi connectivity index (χ1n) is 9.07. The molecule has 132 valence electrons. The van der Waals surface area contributed by atoms with Crippen molar-refractivity contribution in [2.75, 3.05) is 18.2 Å². The van der Waals surface area contributed by atoms with Gasteiger partial charge in [0.25, 0.3) is 0 Å². The Morgan fingerprint density at radius 2 is 2.00 bits per heavy atom. The van der Waals surface area contributed by atoms with E-state index in [-0.39, 0.29) is 6.10 Å². The molecule has 5 nitrogen and oxygen atoms in total. The molecule has 2 aliphatic rings. The summed E-state index contributed by atoms with van der Waals surface area (Å²) in [6, 6.07) is 12.9. The van der Waals surface area contributed by atoms with Crippen LogP contribution in [0.1, 0.15) is 32.3 Å². The average molecular weight is 339 g/mol. The highest BCUT2D eigenvalue weighted by Gasteiger charge is 2.35. The van der Waals surface area contributed by atoms with Crippen LogP contribution >= 0.6 is 0 Å². The fraction of sp³-hybridized carbons (Fsp3) is 0.450. The molecular formula is C20H25N3O2. The molecule has 0 radical (unpaired) electrons. The largest absolute Gasteiger partial charge is 0.491 e. The summed E-state index contributed by atoms with van der Waals surface area (Å²) in [4.78, 5) is 4.61. The molecule has 1 aromatic heterocycles. The lowest BCUT2D eigenvalue weighted by atomic mass is 10.1. The van der Waals surface area contributed by atoms with Gasteiger partial charge in [-0.3, -0.25) is 5.01 Å². The van der Waals surface area contributed by atoms with E-state index in [4.69, 9.17) is 9.47 Å². The van der Waals surface area contributed by atoms with Crippen LogP contribution in [0.3, 0.4) is 0 Å². The van der Waals surface area contributed by atoms with E-state index in [2.05, 4.69) is 53.1 Å². The van der Waals surface area contributed by atoms with Gasteiger partial charge in [-0.2, -0.15) is 0 Å². The minimum absolute atomic E-state index is 0.161. The molecule has 0 aliphatic carbocycles. The zero-order chi connectivity index (χ0) is 17.2. The van der Waals surface area contributed by atoms with Crippen molar-refractivity contribution in [3.63, 3.8) is 0 Å². The average Bonchev–Trinajstić information content (AvgIpc) is 3.01. The maximum absolute atomic E-state index is 5.92. The first kappa shape index (κ1) is 16.4. The first-order valence-corrected chi connectivity index (χ1v) is 9.07. The Bertz CT molecular complexity index is 714. The highest BCUT2D eigenvalue weighted by atomic mass is 16.5. The smallest absolute Gasteiger partial charge is 0.147 e. The van der Waals surface area contributed by atoms with Gasteiger partial charge in [0.15, 0.2) is 0 Å².